The average molecular weight is 496 g/mol. The van der Waals surface area contributed by atoms with Gasteiger partial charge in [0.1, 0.15) is 5.75 Å². The largest absolute Gasteiger partial charge is 0.496 e. The second-order valence-electron chi connectivity index (χ2n) is 9.53. The third kappa shape index (κ3) is 4.15. The zero-order valence-electron chi connectivity index (χ0n) is 19.6. The number of β-amino-alcohol motifs (C(OH)–C–C–N with tert-alkyl or cyclic N) is 1. The third-order valence-electron chi connectivity index (χ3n) is 7.41. The van der Waals surface area contributed by atoms with Crippen LogP contribution in [0.2, 0.25) is 0 Å². The number of aliphatic hydroxyl groups is 1. The molecule has 1 saturated carbocycles. The molecule has 6 rings (SSSR count). The number of para-hydroxylation sites is 1. The molecule has 1 aliphatic carbocycles. The summed E-state index contributed by atoms with van der Waals surface area (Å²) in [5, 5.41) is 14.1. The second kappa shape index (κ2) is 9.04. The Morgan fingerprint density at radius 3 is 2.86 bits per heavy atom. The lowest BCUT2D eigenvalue weighted by Crippen LogP contribution is -2.38. The number of nitrogens with one attached hydrogen (secondary N) is 1. The first kappa shape index (κ1) is 22.7. The molecule has 35 heavy (non-hydrogen) atoms. The number of methoxy groups -OCH3 is 1. The van der Waals surface area contributed by atoms with E-state index < -0.39 is 5.41 Å². The number of benzene rings is 2. The molecular formula is C26H29N3O5S. The van der Waals surface area contributed by atoms with E-state index in [9.17, 15) is 9.90 Å². The Bertz CT molecular complexity index is 1170. The highest BCUT2D eigenvalue weighted by Crippen LogP contribution is 2.51. The van der Waals surface area contributed by atoms with Crippen LogP contribution in [0.15, 0.2) is 47.5 Å². The smallest absolute Gasteiger partial charge is 0.236 e. The van der Waals surface area contributed by atoms with Crippen molar-refractivity contribution in [3.8, 4) is 17.2 Å². The molecule has 2 N–H and O–H groups in total. The third-order valence-corrected chi connectivity index (χ3v) is 8.57. The summed E-state index contributed by atoms with van der Waals surface area (Å²) in [4.78, 5) is 20.4. The SMILES string of the molecule is COc1ccccc1C(C1CN=C(NC(=O)C2(c3ccc4c(c3)OCO4)CC2)S1)N1CC[C@@H](O)C1. The molecular weight excluding hydrogens is 466 g/mol. The number of carbonyl (C=O) groups is 1. The summed E-state index contributed by atoms with van der Waals surface area (Å²) in [5.74, 6) is 2.23. The van der Waals surface area contributed by atoms with Crippen molar-refractivity contribution in [2.24, 2.45) is 4.99 Å². The van der Waals surface area contributed by atoms with Crippen LogP contribution < -0.4 is 19.5 Å². The summed E-state index contributed by atoms with van der Waals surface area (Å²) < 4.78 is 16.6. The lowest BCUT2D eigenvalue weighted by molar-refractivity contribution is -0.122. The molecule has 3 heterocycles. The summed E-state index contributed by atoms with van der Waals surface area (Å²) in [5.41, 5.74) is 1.50. The van der Waals surface area contributed by atoms with Gasteiger partial charge < -0.3 is 24.6 Å². The Morgan fingerprint density at radius 1 is 1.26 bits per heavy atom. The molecule has 0 spiro atoms. The fourth-order valence-corrected chi connectivity index (χ4v) is 6.55. The number of hydrogen-bond acceptors (Lipinski definition) is 8. The number of thioether (sulfide) groups is 1. The van der Waals surface area contributed by atoms with E-state index in [0.29, 0.717) is 24.0 Å². The van der Waals surface area contributed by atoms with E-state index in [1.165, 1.54) is 0 Å². The summed E-state index contributed by atoms with van der Waals surface area (Å²) in [6.45, 7) is 2.24. The van der Waals surface area contributed by atoms with Gasteiger partial charge in [-0.25, -0.2) is 0 Å². The summed E-state index contributed by atoms with van der Waals surface area (Å²) in [6.07, 6.45) is 2.03. The van der Waals surface area contributed by atoms with Gasteiger partial charge in [0, 0.05) is 18.7 Å². The lowest BCUT2D eigenvalue weighted by atomic mass is 9.94. The number of amidine groups is 1. The maximum Gasteiger partial charge on any atom is 0.236 e. The Kier molecular flexibility index (Phi) is 5.86. The Hall–Kier alpha value is -2.75. The van der Waals surface area contributed by atoms with Crippen LogP contribution >= 0.6 is 11.8 Å². The van der Waals surface area contributed by atoms with Crippen molar-refractivity contribution in [1.29, 1.82) is 0 Å². The number of fused-ring (bicyclic) bond motifs is 1. The highest BCUT2D eigenvalue weighted by molar-refractivity contribution is 8.14. The molecule has 2 aromatic rings. The molecule has 0 radical (unpaired) electrons. The van der Waals surface area contributed by atoms with Crippen molar-refractivity contribution in [3.63, 3.8) is 0 Å². The van der Waals surface area contributed by atoms with E-state index in [1.54, 1.807) is 18.9 Å². The molecule has 3 aliphatic heterocycles. The molecule has 2 fully saturated rings. The van der Waals surface area contributed by atoms with Crippen molar-refractivity contribution in [2.75, 3.05) is 33.5 Å². The first-order valence-corrected chi connectivity index (χ1v) is 12.9. The fraction of sp³-hybridized carbons (Fsp3) is 0.462. The minimum absolute atomic E-state index is 0.0197. The molecule has 1 saturated heterocycles. The highest BCUT2D eigenvalue weighted by Gasteiger charge is 2.52. The number of hydrogen-bond donors (Lipinski definition) is 2. The quantitative estimate of drug-likeness (QED) is 0.637. The number of ether oxygens (including phenoxy) is 3. The summed E-state index contributed by atoms with van der Waals surface area (Å²) >= 11 is 1.60. The van der Waals surface area contributed by atoms with Crippen molar-refractivity contribution >= 4 is 22.8 Å². The Morgan fingerprint density at radius 2 is 2.09 bits per heavy atom. The van der Waals surface area contributed by atoms with Gasteiger partial charge in [-0.2, -0.15) is 0 Å². The minimum Gasteiger partial charge on any atom is -0.496 e. The number of rotatable bonds is 6. The normalized spacial score (nSPS) is 25.3. The van der Waals surface area contributed by atoms with Crippen LogP contribution in [0.5, 0.6) is 17.2 Å². The molecule has 2 unspecified atom stereocenters. The molecule has 184 valence electrons. The van der Waals surface area contributed by atoms with Gasteiger partial charge >= 0.3 is 0 Å². The first-order valence-electron chi connectivity index (χ1n) is 12.0. The van der Waals surface area contributed by atoms with E-state index in [2.05, 4.69) is 16.3 Å². The molecule has 4 aliphatic rings. The summed E-state index contributed by atoms with van der Waals surface area (Å²) in [6, 6.07) is 13.8. The van der Waals surface area contributed by atoms with E-state index in [0.717, 1.165) is 48.4 Å². The van der Waals surface area contributed by atoms with Crippen molar-refractivity contribution in [1.82, 2.24) is 10.2 Å². The van der Waals surface area contributed by atoms with Gasteiger partial charge in [-0.05, 0) is 43.0 Å². The zero-order chi connectivity index (χ0) is 24.0. The van der Waals surface area contributed by atoms with Gasteiger partial charge in [-0.3, -0.25) is 14.7 Å². The van der Waals surface area contributed by atoms with E-state index in [1.807, 2.05) is 36.4 Å². The molecule has 3 atom stereocenters. The van der Waals surface area contributed by atoms with Gasteiger partial charge in [0.2, 0.25) is 12.7 Å². The number of aliphatic imine (C=N–C) groups is 1. The Balaban J connectivity index is 1.18. The maximum atomic E-state index is 13.4. The molecule has 1 amide bonds. The highest BCUT2D eigenvalue weighted by atomic mass is 32.2. The van der Waals surface area contributed by atoms with Gasteiger partial charge in [-0.1, -0.05) is 36.0 Å². The van der Waals surface area contributed by atoms with Gasteiger partial charge in [0.25, 0.3) is 0 Å². The van der Waals surface area contributed by atoms with Crippen LogP contribution in [0.25, 0.3) is 0 Å². The van der Waals surface area contributed by atoms with Gasteiger partial charge in [0.15, 0.2) is 16.7 Å². The maximum absolute atomic E-state index is 13.4. The predicted molar refractivity (Wildman–Crippen MR) is 133 cm³/mol. The van der Waals surface area contributed by atoms with E-state index in [-0.39, 0.29) is 30.1 Å². The van der Waals surface area contributed by atoms with Gasteiger partial charge in [0.05, 0.1) is 36.5 Å². The predicted octanol–water partition coefficient (Wildman–Crippen LogP) is 2.85. The van der Waals surface area contributed by atoms with Crippen LogP contribution in [0.1, 0.15) is 36.4 Å². The van der Waals surface area contributed by atoms with Crippen LogP contribution in [-0.2, 0) is 10.2 Å². The minimum atomic E-state index is -0.538. The van der Waals surface area contributed by atoms with Gasteiger partial charge in [-0.15, -0.1) is 0 Å². The molecule has 9 heteroatoms. The number of likely N-dealkylation sites (tertiary alicyclic amines) is 1. The lowest BCUT2D eigenvalue weighted by Gasteiger charge is -2.33. The van der Waals surface area contributed by atoms with Crippen molar-refractivity contribution < 1.29 is 24.1 Å². The number of aliphatic hydroxyl groups excluding tert-OH is 1. The molecule has 8 nitrogen and oxygen atoms in total. The number of carbonyl (C=O) groups excluding carboxylic acids is 1. The van der Waals surface area contributed by atoms with Crippen LogP contribution in [-0.4, -0.2) is 66.0 Å². The zero-order valence-corrected chi connectivity index (χ0v) is 20.4. The van der Waals surface area contributed by atoms with Crippen molar-refractivity contribution in [3.05, 3.63) is 53.6 Å². The molecule has 0 aromatic heterocycles. The number of amides is 1. The fourth-order valence-electron chi connectivity index (χ4n) is 5.37. The first-order chi connectivity index (χ1) is 17.1. The van der Waals surface area contributed by atoms with Crippen molar-refractivity contribution in [2.45, 2.75) is 42.1 Å². The van der Waals surface area contributed by atoms with Crippen LogP contribution in [0, 0.1) is 0 Å². The summed E-state index contributed by atoms with van der Waals surface area (Å²) in [7, 11) is 1.68. The molecule has 0 bridgehead atoms. The van der Waals surface area contributed by atoms with Crippen LogP contribution in [0.3, 0.4) is 0 Å². The topological polar surface area (TPSA) is 92.6 Å². The Labute approximate surface area is 208 Å². The standard InChI is InChI=1S/C26H29N3O5S/c1-32-19-5-3-2-4-18(19)23(29-11-8-17(30)14-29)22-13-27-25(35-22)28-24(31)26(9-10-26)16-6-7-20-21(12-16)34-15-33-20/h2-7,12,17,22-23,30H,8-11,13-15H2,1H3,(H,27,28,31)/t17-,22?,23?/m1/s1. The van der Waals surface area contributed by atoms with Crippen LogP contribution in [0.4, 0.5) is 0 Å². The molecule has 2 aromatic carbocycles. The van der Waals surface area contributed by atoms with E-state index in [4.69, 9.17) is 19.2 Å². The van der Waals surface area contributed by atoms with E-state index >= 15 is 0 Å². The second-order valence-corrected chi connectivity index (χ2v) is 10.8. The monoisotopic (exact) mass is 495 g/mol. The number of nitrogens with zero attached hydrogens (tertiary/aromatic N) is 2. The average Bonchev–Trinajstić information content (AvgIpc) is 3.16.